The average Bonchev–Trinajstić information content (AvgIpc) is 2.51. The zero-order valence-corrected chi connectivity index (χ0v) is 14.4. The second kappa shape index (κ2) is 7.94. The van der Waals surface area contributed by atoms with Crippen molar-refractivity contribution in [3.8, 4) is 5.75 Å². The maximum absolute atomic E-state index is 12.3. The zero-order chi connectivity index (χ0) is 16.8. The van der Waals surface area contributed by atoms with Crippen molar-refractivity contribution in [2.24, 2.45) is 0 Å². The highest BCUT2D eigenvalue weighted by Gasteiger charge is 2.13. The standard InChI is InChI=1S/C17H17ClN2O2S/c1-3-22-15-7-5-4-6-13(15)16(21)20-17(23)19-12-9-8-11(2)14(18)10-12/h4-10H,3H2,1-2H3,(H2,19,20,21,23). The molecule has 0 saturated carbocycles. The Morgan fingerprint density at radius 3 is 2.70 bits per heavy atom. The van der Waals surface area contributed by atoms with Crippen molar-refractivity contribution in [2.45, 2.75) is 13.8 Å². The summed E-state index contributed by atoms with van der Waals surface area (Å²) in [5.74, 6) is 0.193. The lowest BCUT2D eigenvalue weighted by Crippen LogP contribution is -2.34. The van der Waals surface area contributed by atoms with Crippen LogP contribution in [0.5, 0.6) is 5.75 Å². The minimum absolute atomic E-state index is 0.196. The molecule has 0 atom stereocenters. The Morgan fingerprint density at radius 1 is 1.26 bits per heavy atom. The first kappa shape index (κ1) is 17.2. The monoisotopic (exact) mass is 348 g/mol. The molecule has 0 heterocycles. The highest BCUT2D eigenvalue weighted by atomic mass is 35.5. The molecule has 0 spiro atoms. The molecule has 6 heteroatoms. The van der Waals surface area contributed by atoms with Gasteiger partial charge >= 0.3 is 0 Å². The first-order chi connectivity index (χ1) is 11.0. The second-order valence-electron chi connectivity index (χ2n) is 4.80. The van der Waals surface area contributed by atoms with Gasteiger partial charge in [0.2, 0.25) is 0 Å². The number of hydrogen-bond donors (Lipinski definition) is 2. The fourth-order valence-electron chi connectivity index (χ4n) is 1.94. The molecule has 4 nitrogen and oxygen atoms in total. The number of thiocarbonyl (C=S) groups is 1. The van der Waals surface area contributed by atoms with E-state index in [2.05, 4.69) is 10.6 Å². The number of para-hydroxylation sites is 1. The Balaban J connectivity index is 2.05. The van der Waals surface area contributed by atoms with E-state index in [0.717, 1.165) is 5.56 Å². The number of amides is 1. The maximum atomic E-state index is 12.3. The van der Waals surface area contributed by atoms with E-state index in [0.29, 0.717) is 28.6 Å². The van der Waals surface area contributed by atoms with E-state index < -0.39 is 0 Å². The fraction of sp³-hybridized carbons (Fsp3) is 0.176. The molecule has 120 valence electrons. The topological polar surface area (TPSA) is 50.4 Å². The molecular formula is C17H17ClN2O2S. The van der Waals surface area contributed by atoms with Gasteiger partial charge in [-0.15, -0.1) is 0 Å². The molecule has 0 aliphatic rings. The Hall–Kier alpha value is -2.11. The largest absolute Gasteiger partial charge is 0.493 e. The molecule has 1 amide bonds. The van der Waals surface area contributed by atoms with Crippen LogP contribution in [0.15, 0.2) is 42.5 Å². The second-order valence-corrected chi connectivity index (χ2v) is 5.62. The molecule has 2 rings (SSSR count). The number of anilines is 1. The zero-order valence-electron chi connectivity index (χ0n) is 12.9. The van der Waals surface area contributed by atoms with Gasteiger partial charge in [0.25, 0.3) is 5.91 Å². The van der Waals surface area contributed by atoms with Gasteiger partial charge in [-0.3, -0.25) is 10.1 Å². The lowest BCUT2D eigenvalue weighted by molar-refractivity contribution is 0.0974. The average molecular weight is 349 g/mol. The van der Waals surface area contributed by atoms with E-state index >= 15 is 0 Å². The number of nitrogens with one attached hydrogen (secondary N) is 2. The first-order valence-electron chi connectivity index (χ1n) is 7.11. The third-order valence-corrected chi connectivity index (χ3v) is 3.70. The Kier molecular flexibility index (Phi) is 5.96. The molecule has 0 saturated heterocycles. The van der Waals surface area contributed by atoms with E-state index in [-0.39, 0.29) is 11.0 Å². The Morgan fingerprint density at radius 2 is 2.00 bits per heavy atom. The number of carbonyl (C=O) groups excluding carboxylic acids is 1. The van der Waals surface area contributed by atoms with Gasteiger partial charge in [0.1, 0.15) is 5.75 Å². The lowest BCUT2D eigenvalue weighted by atomic mass is 10.2. The van der Waals surface area contributed by atoms with E-state index in [9.17, 15) is 4.79 Å². The van der Waals surface area contributed by atoms with Crippen LogP contribution in [0.4, 0.5) is 5.69 Å². The molecule has 2 N–H and O–H groups in total. The van der Waals surface area contributed by atoms with Crippen LogP contribution in [0, 0.1) is 6.92 Å². The van der Waals surface area contributed by atoms with E-state index in [1.54, 1.807) is 24.3 Å². The van der Waals surface area contributed by atoms with Crippen LogP contribution in [0.25, 0.3) is 0 Å². The normalized spacial score (nSPS) is 10.0. The molecule has 2 aromatic rings. The first-order valence-corrected chi connectivity index (χ1v) is 7.90. The van der Waals surface area contributed by atoms with Crippen LogP contribution in [0.2, 0.25) is 5.02 Å². The van der Waals surface area contributed by atoms with Crippen molar-refractivity contribution in [2.75, 3.05) is 11.9 Å². The van der Waals surface area contributed by atoms with E-state index in [1.165, 1.54) is 0 Å². The summed E-state index contributed by atoms with van der Waals surface area (Å²) < 4.78 is 5.44. The summed E-state index contributed by atoms with van der Waals surface area (Å²) >= 11 is 11.2. The Bertz CT molecular complexity index is 734. The van der Waals surface area contributed by atoms with Crippen LogP contribution in [0.1, 0.15) is 22.8 Å². The molecular weight excluding hydrogens is 332 g/mol. The van der Waals surface area contributed by atoms with Gasteiger partial charge in [-0.05, 0) is 55.9 Å². The van der Waals surface area contributed by atoms with Gasteiger partial charge in [-0.25, -0.2) is 0 Å². The van der Waals surface area contributed by atoms with Crippen molar-refractivity contribution in [3.63, 3.8) is 0 Å². The maximum Gasteiger partial charge on any atom is 0.261 e. The Labute approximate surface area is 145 Å². The molecule has 0 aliphatic heterocycles. The molecule has 0 bridgehead atoms. The molecule has 0 fully saturated rings. The van der Waals surface area contributed by atoms with Crippen molar-refractivity contribution in [3.05, 3.63) is 58.6 Å². The van der Waals surface area contributed by atoms with Crippen LogP contribution in [0.3, 0.4) is 0 Å². The number of carbonyl (C=O) groups is 1. The van der Waals surface area contributed by atoms with Crippen LogP contribution >= 0.6 is 23.8 Å². The van der Waals surface area contributed by atoms with E-state index in [1.807, 2.05) is 32.0 Å². The summed E-state index contributed by atoms with van der Waals surface area (Å²) in [5.41, 5.74) is 2.11. The number of halogens is 1. The van der Waals surface area contributed by atoms with Gasteiger partial charge < -0.3 is 10.1 Å². The van der Waals surface area contributed by atoms with Crippen molar-refractivity contribution in [1.82, 2.24) is 5.32 Å². The smallest absolute Gasteiger partial charge is 0.261 e. The highest BCUT2D eigenvalue weighted by Crippen LogP contribution is 2.20. The molecule has 0 aromatic heterocycles. The third-order valence-electron chi connectivity index (χ3n) is 3.09. The van der Waals surface area contributed by atoms with Gasteiger partial charge in [0.15, 0.2) is 5.11 Å². The number of hydrogen-bond acceptors (Lipinski definition) is 3. The minimum atomic E-state index is -0.329. The molecule has 0 aliphatic carbocycles. The number of benzene rings is 2. The minimum Gasteiger partial charge on any atom is -0.493 e. The van der Waals surface area contributed by atoms with Gasteiger partial charge in [-0.2, -0.15) is 0 Å². The predicted octanol–water partition coefficient (Wildman–Crippen LogP) is 4.17. The highest BCUT2D eigenvalue weighted by molar-refractivity contribution is 7.80. The molecule has 23 heavy (non-hydrogen) atoms. The number of ether oxygens (including phenoxy) is 1. The summed E-state index contributed by atoms with van der Waals surface area (Å²) in [6, 6.07) is 12.5. The van der Waals surface area contributed by atoms with E-state index in [4.69, 9.17) is 28.6 Å². The molecule has 0 radical (unpaired) electrons. The molecule has 0 unspecified atom stereocenters. The fourth-order valence-corrected chi connectivity index (χ4v) is 2.33. The molecule has 2 aromatic carbocycles. The van der Waals surface area contributed by atoms with Crippen LogP contribution < -0.4 is 15.4 Å². The number of rotatable bonds is 4. The van der Waals surface area contributed by atoms with Gasteiger partial charge in [0.05, 0.1) is 12.2 Å². The lowest BCUT2D eigenvalue weighted by Gasteiger charge is -2.12. The van der Waals surface area contributed by atoms with Crippen LogP contribution in [-0.4, -0.2) is 17.6 Å². The summed E-state index contributed by atoms with van der Waals surface area (Å²) in [4.78, 5) is 12.3. The summed E-state index contributed by atoms with van der Waals surface area (Å²) in [6.07, 6.45) is 0. The quantitative estimate of drug-likeness (QED) is 0.814. The predicted molar refractivity (Wildman–Crippen MR) is 97.5 cm³/mol. The SMILES string of the molecule is CCOc1ccccc1C(=O)NC(=S)Nc1ccc(C)c(Cl)c1. The third kappa shape index (κ3) is 4.68. The van der Waals surface area contributed by atoms with Crippen molar-refractivity contribution < 1.29 is 9.53 Å². The van der Waals surface area contributed by atoms with Gasteiger partial charge in [0, 0.05) is 10.7 Å². The summed E-state index contributed by atoms with van der Waals surface area (Å²) in [7, 11) is 0. The summed E-state index contributed by atoms with van der Waals surface area (Å²) in [6.45, 7) is 4.26. The van der Waals surface area contributed by atoms with Crippen molar-refractivity contribution in [1.29, 1.82) is 0 Å². The van der Waals surface area contributed by atoms with Gasteiger partial charge in [-0.1, -0.05) is 29.8 Å². The van der Waals surface area contributed by atoms with Crippen molar-refractivity contribution >= 4 is 40.5 Å². The van der Waals surface area contributed by atoms with Crippen LogP contribution in [-0.2, 0) is 0 Å². The number of aryl methyl sites for hydroxylation is 1. The summed E-state index contributed by atoms with van der Waals surface area (Å²) in [5, 5.41) is 6.40.